The van der Waals surface area contributed by atoms with Crippen molar-refractivity contribution in [2.75, 3.05) is 20.3 Å². The third kappa shape index (κ3) is 3.46. The van der Waals surface area contributed by atoms with Crippen LogP contribution < -0.4 is 0 Å². The van der Waals surface area contributed by atoms with Crippen LogP contribution in [-0.4, -0.2) is 48.5 Å². The van der Waals surface area contributed by atoms with Crippen LogP contribution in [0.4, 0.5) is 0 Å². The molecule has 0 aromatic heterocycles. The zero-order chi connectivity index (χ0) is 13.0. The van der Waals surface area contributed by atoms with E-state index in [1.165, 1.54) is 19.3 Å². The van der Waals surface area contributed by atoms with Crippen molar-refractivity contribution < 1.29 is 9.84 Å². The summed E-state index contributed by atoms with van der Waals surface area (Å²) in [4.78, 5) is 2.56. The lowest BCUT2D eigenvalue weighted by Crippen LogP contribution is -2.49. The predicted octanol–water partition coefficient (Wildman–Crippen LogP) is 2.43. The van der Waals surface area contributed by atoms with E-state index in [2.05, 4.69) is 18.9 Å². The van der Waals surface area contributed by atoms with Gasteiger partial charge in [0.15, 0.2) is 0 Å². The Bertz CT molecular complexity index is 241. The van der Waals surface area contributed by atoms with Crippen LogP contribution in [0.5, 0.6) is 0 Å². The van der Waals surface area contributed by atoms with Crippen molar-refractivity contribution >= 4 is 0 Å². The van der Waals surface area contributed by atoms with Gasteiger partial charge in [0.05, 0.1) is 6.10 Å². The first-order valence-corrected chi connectivity index (χ1v) is 7.70. The average molecular weight is 255 g/mol. The van der Waals surface area contributed by atoms with Gasteiger partial charge < -0.3 is 9.84 Å². The Kier molecular flexibility index (Phi) is 5.46. The van der Waals surface area contributed by atoms with Crippen molar-refractivity contribution in [1.29, 1.82) is 0 Å². The molecule has 0 bridgehead atoms. The molecule has 2 fully saturated rings. The van der Waals surface area contributed by atoms with E-state index < -0.39 is 0 Å². The second kappa shape index (κ2) is 6.88. The molecule has 3 heteroatoms. The molecule has 0 radical (unpaired) electrons. The van der Waals surface area contributed by atoms with Gasteiger partial charge in [-0.15, -0.1) is 0 Å². The molecule has 1 heterocycles. The van der Waals surface area contributed by atoms with Crippen LogP contribution >= 0.6 is 0 Å². The molecule has 1 aliphatic carbocycles. The first kappa shape index (κ1) is 14.3. The molecule has 0 aromatic rings. The summed E-state index contributed by atoms with van der Waals surface area (Å²) in [5, 5.41) is 9.96. The minimum atomic E-state index is -0.0783. The maximum absolute atomic E-state index is 9.96. The Labute approximate surface area is 112 Å². The third-order valence-corrected chi connectivity index (χ3v) is 4.88. The molecular weight excluding hydrogens is 226 g/mol. The van der Waals surface area contributed by atoms with Gasteiger partial charge in [-0.25, -0.2) is 0 Å². The van der Waals surface area contributed by atoms with Crippen LogP contribution in [0.1, 0.15) is 51.9 Å². The highest BCUT2D eigenvalue weighted by molar-refractivity contribution is 4.88. The molecule has 0 spiro atoms. The number of aliphatic hydroxyl groups is 1. The summed E-state index contributed by atoms with van der Waals surface area (Å²) in [5.41, 5.74) is 0. The summed E-state index contributed by atoms with van der Waals surface area (Å²) in [6.45, 7) is 4.09. The standard InChI is InChI=1S/C15H29NO2/c1-3-4-12-5-6-14(17)11-15(12)16(2)13-7-9-18-10-8-13/h12-15,17H,3-11H2,1-2H3. The normalized spacial score (nSPS) is 35.0. The Morgan fingerprint density at radius 2 is 1.89 bits per heavy atom. The van der Waals surface area contributed by atoms with E-state index in [4.69, 9.17) is 4.74 Å². The zero-order valence-electron chi connectivity index (χ0n) is 12.0. The van der Waals surface area contributed by atoms with Crippen LogP contribution in [-0.2, 0) is 4.74 Å². The van der Waals surface area contributed by atoms with Gasteiger partial charge in [0.1, 0.15) is 0 Å². The second-order valence-electron chi connectivity index (χ2n) is 6.09. The van der Waals surface area contributed by atoms with E-state index in [9.17, 15) is 5.11 Å². The predicted molar refractivity (Wildman–Crippen MR) is 73.6 cm³/mol. The molecule has 106 valence electrons. The van der Waals surface area contributed by atoms with Crippen molar-refractivity contribution in [3.05, 3.63) is 0 Å². The Morgan fingerprint density at radius 3 is 2.56 bits per heavy atom. The summed E-state index contributed by atoms with van der Waals surface area (Å²) >= 11 is 0. The van der Waals surface area contributed by atoms with Gasteiger partial charge in [0, 0.05) is 25.3 Å². The van der Waals surface area contributed by atoms with Crippen molar-refractivity contribution in [2.24, 2.45) is 5.92 Å². The van der Waals surface area contributed by atoms with E-state index in [0.29, 0.717) is 12.1 Å². The number of aliphatic hydroxyl groups excluding tert-OH is 1. The summed E-state index contributed by atoms with van der Waals surface area (Å²) < 4.78 is 5.46. The molecule has 2 aliphatic rings. The van der Waals surface area contributed by atoms with Crippen LogP contribution in [0.2, 0.25) is 0 Å². The second-order valence-corrected chi connectivity index (χ2v) is 6.09. The summed E-state index contributed by atoms with van der Waals surface area (Å²) in [6.07, 6.45) is 7.98. The van der Waals surface area contributed by atoms with Crippen LogP contribution in [0.25, 0.3) is 0 Å². The minimum Gasteiger partial charge on any atom is -0.393 e. The molecular formula is C15H29NO2. The van der Waals surface area contributed by atoms with Crippen molar-refractivity contribution in [3.8, 4) is 0 Å². The lowest BCUT2D eigenvalue weighted by Gasteiger charge is -2.44. The van der Waals surface area contributed by atoms with Gasteiger partial charge >= 0.3 is 0 Å². The van der Waals surface area contributed by atoms with Gasteiger partial charge in [0.25, 0.3) is 0 Å². The molecule has 3 unspecified atom stereocenters. The number of hydrogen-bond acceptors (Lipinski definition) is 3. The van der Waals surface area contributed by atoms with Gasteiger partial charge in [-0.3, -0.25) is 4.90 Å². The monoisotopic (exact) mass is 255 g/mol. The van der Waals surface area contributed by atoms with Gasteiger partial charge in [-0.05, 0) is 51.5 Å². The molecule has 0 aromatic carbocycles. The lowest BCUT2D eigenvalue weighted by atomic mass is 9.79. The Balaban J connectivity index is 1.96. The van der Waals surface area contributed by atoms with E-state index in [-0.39, 0.29) is 6.10 Å². The van der Waals surface area contributed by atoms with Gasteiger partial charge in [-0.1, -0.05) is 13.3 Å². The Morgan fingerprint density at radius 1 is 1.17 bits per heavy atom. The molecule has 18 heavy (non-hydrogen) atoms. The van der Waals surface area contributed by atoms with Gasteiger partial charge in [-0.2, -0.15) is 0 Å². The van der Waals surface area contributed by atoms with E-state index in [1.54, 1.807) is 0 Å². The fourth-order valence-electron chi connectivity index (χ4n) is 3.76. The number of ether oxygens (including phenoxy) is 1. The fraction of sp³-hybridized carbons (Fsp3) is 1.00. The Hall–Kier alpha value is -0.120. The molecule has 3 atom stereocenters. The molecule has 2 rings (SSSR count). The highest BCUT2D eigenvalue weighted by atomic mass is 16.5. The first-order valence-electron chi connectivity index (χ1n) is 7.70. The summed E-state index contributed by atoms with van der Waals surface area (Å²) in [6, 6.07) is 1.24. The van der Waals surface area contributed by atoms with Crippen molar-refractivity contribution in [3.63, 3.8) is 0 Å². The third-order valence-electron chi connectivity index (χ3n) is 4.88. The van der Waals surface area contributed by atoms with E-state index in [1.807, 2.05) is 0 Å². The summed E-state index contributed by atoms with van der Waals surface area (Å²) in [7, 11) is 2.27. The SMILES string of the molecule is CCCC1CCC(O)CC1N(C)C1CCOCC1. The first-order chi connectivity index (χ1) is 8.72. The fourth-order valence-corrected chi connectivity index (χ4v) is 3.76. The molecule has 1 aliphatic heterocycles. The molecule has 0 amide bonds. The van der Waals surface area contributed by atoms with Crippen molar-refractivity contribution in [2.45, 2.75) is 70.1 Å². The average Bonchev–Trinajstić information content (AvgIpc) is 2.41. The number of hydrogen-bond donors (Lipinski definition) is 1. The highest BCUT2D eigenvalue weighted by Gasteiger charge is 2.34. The van der Waals surface area contributed by atoms with E-state index >= 15 is 0 Å². The van der Waals surface area contributed by atoms with E-state index in [0.717, 1.165) is 44.8 Å². The van der Waals surface area contributed by atoms with Gasteiger partial charge in [0.2, 0.25) is 0 Å². The number of nitrogens with zero attached hydrogens (tertiary/aromatic N) is 1. The minimum absolute atomic E-state index is 0.0783. The topological polar surface area (TPSA) is 32.7 Å². The largest absolute Gasteiger partial charge is 0.393 e. The quantitative estimate of drug-likeness (QED) is 0.837. The maximum atomic E-state index is 9.96. The van der Waals surface area contributed by atoms with Crippen molar-refractivity contribution in [1.82, 2.24) is 4.90 Å². The lowest BCUT2D eigenvalue weighted by molar-refractivity contribution is -0.0174. The van der Waals surface area contributed by atoms with Crippen LogP contribution in [0.3, 0.4) is 0 Å². The zero-order valence-corrected chi connectivity index (χ0v) is 12.0. The van der Waals surface area contributed by atoms with Crippen LogP contribution in [0.15, 0.2) is 0 Å². The highest BCUT2D eigenvalue weighted by Crippen LogP contribution is 2.33. The molecule has 1 saturated carbocycles. The molecule has 3 nitrogen and oxygen atoms in total. The maximum Gasteiger partial charge on any atom is 0.0555 e. The smallest absolute Gasteiger partial charge is 0.0555 e. The molecule has 1 saturated heterocycles. The molecule has 1 N–H and O–H groups in total. The summed E-state index contributed by atoms with van der Waals surface area (Å²) in [5.74, 6) is 0.784. The number of rotatable bonds is 4. The van der Waals surface area contributed by atoms with Crippen LogP contribution in [0, 0.1) is 5.92 Å².